The SMILES string of the molecule is COc1ccc(-c2nnc(SC(C=O)c3ccc(OC)cc3)n2-c2ccccc2)cc1. The molecule has 0 bridgehead atoms. The minimum atomic E-state index is -0.429. The van der Waals surface area contributed by atoms with Gasteiger partial charge in [0.25, 0.3) is 0 Å². The zero-order valence-electron chi connectivity index (χ0n) is 17.1. The molecule has 156 valence electrons. The fourth-order valence-corrected chi connectivity index (χ4v) is 4.13. The minimum Gasteiger partial charge on any atom is -0.497 e. The molecule has 4 rings (SSSR count). The van der Waals surface area contributed by atoms with Gasteiger partial charge in [-0.2, -0.15) is 0 Å². The van der Waals surface area contributed by atoms with Crippen molar-refractivity contribution < 1.29 is 14.3 Å². The van der Waals surface area contributed by atoms with Crippen LogP contribution < -0.4 is 9.47 Å². The molecule has 0 radical (unpaired) electrons. The first-order valence-electron chi connectivity index (χ1n) is 9.64. The molecule has 1 atom stereocenters. The van der Waals surface area contributed by atoms with Gasteiger partial charge < -0.3 is 14.3 Å². The summed E-state index contributed by atoms with van der Waals surface area (Å²) in [7, 11) is 3.25. The summed E-state index contributed by atoms with van der Waals surface area (Å²) in [5, 5.41) is 9.06. The Bertz CT molecular complexity index is 1140. The summed E-state index contributed by atoms with van der Waals surface area (Å²) in [5.41, 5.74) is 2.69. The standard InChI is InChI=1S/C24H21N3O3S/c1-29-20-12-8-17(9-13-20)22(16-28)31-24-26-25-23(18-10-14-21(30-2)15-11-18)27(24)19-6-4-3-5-7-19/h3-16,22H,1-2H3. The third-order valence-electron chi connectivity index (χ3n) is 4.80. The van der Waals surface area contributed by atoms with Crippen molar-refractivity contribution >= 4 is 18.0 Å². The molecule has 1 heterocycles. The molecule has 1 aromatic heterocycles. The number of thioether (sulfide) groups is 1. The highest BCUT2D eigenvalue weighted by molar-refractivity contribution is 8.00. The average Bonchev–Trinajstić information content (AvgIpc) is 3.26. The van der Waals surface area contributed by atoms with Gasteiger partial charge in [0, 0.05) is 11.3 Å². The molecule has 31 heavy (non-hydrogen) atoms. The predicted molar refractivity (Wildman–Crippen MR) is 121 cm³/mol. The number of carbonyl (C=O) groups is 1. The van der Waals surface area contributed by atoms with Gasteiger partial charge in [0.15, 0.2) is 11.0 Å². The van der Waals surface area contributed by atoms with Crippen molar-refractivity contribution in [2.45, 2.75) is 10.4 Å². The maximum absolute atomic E-state index is 11.9. The molecular formula is C24H21N3O3S. The highest BCUT2D eigenvalue weighted by Gasteiger charge is 2.21. The van der Waals surface area contributed by atoms with Gasteiger partial charge in [0.05, 0.1) is 19.5 Å². The van der Waals surface area contributed by atoms with E-state index in [-0.39, 0.29) is 0 Å². The number of aromatic nitrogens is 3. The van der Waals surface area contributed by atoms with Crippen LogP contribution in [0, 0.1) is 0 Å². The molecule has 0 amide bonds. The van der Waals surface area contributed by atoms with Gasteiger partial charge in [-0.25, -0.2) is 0 Å². The summed E-state index contributed by atoms with van der Waals surface area (Å²) in [6, 6.07) is 25.0. The lowest BCUT2D eigenvalue weighted by Gasteiger charge is -2.14. The van der Waals surface area contributed by atoms with Crippen LogP contribution in [0.5, 0.6) is 11.5 Å². The van der Waals surface area contributed by atoms with E-state index in [1.54, 1.807) is 14.2 Å². The number of aldehydes is 1. The summed E-state index contributed by atoms with van der Waals surface area (Å²) in [6.07, 6.45) is 0.920. The first kappa shape index (κ1) is 20.7. The maximum atomic E-state index is 11.9. The minimum absolute atomic E-state index is 0.429. The normalized spacial score (nSPS) is 11.7. The van der Waals surface area contributed by atoms with E-state index in [0.717, 1.165) is 34.6 Å². The van der Waals surface area contributed by atoms with Gasteiger partial charge in [-0.05, 0) is 54.1 Å². The molecule has 0 aliphatic heterocycles. The lowest BCUT2D eigenvalue weighted by Crippen LogP contribution is -2.02. The second-order valence-electron chi connectivity index (χ2n) is 6.65. The van der Waals surface area contributed by atoms with Gasteiger partial charge in [-0.1, -0.05) is 42.1 Å². The third-order valence-corrected chi connectivity index (χ3v) is 5.91. The second kappa shape index (κ2) is 9.49. The van der Waals surface area contributed by atoms with Crippen molar-refractivity contribution in [2.75, 3.05) is 14.2 Å². The van der Waals surface area contributed by atoms with Gasteiger partial charge in [-0.3, -0.25) is 4.57 Å². The Morgan fingerprint density at radius 1 is 0.839 bits per heavy atom. The van der Waals surface area contributed by atoms with Gasteiger partial charge >= 0.3 is 0 Å². The molecule has 0 saturated heterocycles. The van der Waals surface area contributed by atoms with Crippen LogP contribution in [0.1, 0.15) is 10.8 Å². The van der Waals surface area contributed by atoms with Crippen LogP contribution in [-0.2, 0) is 4.79 Å². The van der Waals surface area contributed by atoms with Crippen LogP contribution in [-0.4, -0.2) is 35.3 Å². The molecule has 0 spiro atoms. The quantitative estimate of drug-likeness (QED) is 0.289. The van der Waals surface area contributed by atoms with Gasteiger partial charge in [0.2, 0.25) is 0 Å². The monoisotopic (exact) mass is 431 g/mol. The van der Waals surface area contributed by atoms with Crippen molar-refractivity contribution in [1.82, 2.24) is 14.8 Å². The van der Waals surface area contributed by atoms with E-state index in [1.807, 2.05) is 83.4 Å². The first-order chi connectivity index (χ1) is 15.2. The molecular weight excluding hydrogens is 410 g/mol. The number of para-hydroxylation sites is 1. The van der Waals surface area contributed by atoms with E-state index in [9.17, 15) is 4.79 Å². The lowest BCUT2D eigenvalue weighted by molar-refractivity contribution is -0.107. The zero-order valence-corrected chi connectivity index (χ0v) is 18.0. The van der Waals surface area contributed by atoms with Crippen molar-refractivity contribution in [3.05, 3.63) is 84.4 Å². The van der Waals surface area contributed by atoms with Crippen LogP contribution >= 0.6 is 11.8 Å². The maximum Gasteiger partial charge on any atom is 0.197 e. The molecule has 1 unspecified atom stereocenters. The number of hydrogen-bond acceptors (Lipinski definition) is 6. The molecule has 0 fully saturated rings. The topological polar surface area (TPSA) is 66.2 Å². The van der Waals surface area contributed by atoms with Crippen molar-refractivity contribution in [3.8, 4) is 28.6 Å². The fourth-order valence-electron chi connectivity index (χ4n) is 3.16. The predicted octanol–water partition coefficient (Wildman–Crippen LogP) is 4.98. The highest BCUT2D eigenvalue weighted by Crippen LogP contribution is 2.36. The molecule has 0 aliphatic rings. The van der Waals surface area contributed by atoms with E-state index >= 15 is 0 Å². The van der Waals surface area contributed by atoms with Crippen molar-refractivity contribution in [3.63, 3.8) is 0 Å². The largest absolute Gasteiger partial charge is 0.497 e. The van der Waals surface area contributed by atoms with E-state index in [2.05, 4.69) is 10.2 Å². The molecule has 0 N–H and O–H groups in total. The average molecular weight is 432 g/mol. The van der Waals surface area contributed by atoms with Crippen LogP contribution in [0.15, 0.2) is 84.0 Å². The number of carbonyl (C=O) groups excluding carboxylic acids is 1. The van der Waals surface area contributed by atoms with Gasteiger partial charge in [0.1, 0.15) is 17.8 Å². The Balaban J connectivity index is 1.74. The Labute approximate surface area is 184 Å². The van der Waals surface area contributed by atoms with Crippen molar-refractivity contribution in [1.29, 1.82) is 0 Å². The molecule has 3 aromatic carbocycles. The van der Waals surface area contributed by atoms with Crippen LogP contribution in [0.3, 0.4) is 0 Å². The second-order valence-corrected chi connectivity index (χ2v) is 7.76. The van der Waals surface area contributed by atoms with E-state index < -0.39 is 5.25 Å². The molecule has 6 nitrogen and oxygen atoms in total. The Morgan fingerprint density at radius 3 is 2.03 bits per heavy atom. The molecule has 0 aliphatic carbocycles. The number of methoxy groups -OCH3 is 2. The smallest absolute Gasteiger partial charge is 0.197 e. The Morgan fingerprint density at radius 2 is 1.45 bits per heavy atom. The van der Waals surface area contributed by atoms with Crippen LogP contribution in [0.25, 0.3) is 17.1 Å². The zero-order chi connectivity index (χ0) is 21.6. The first-order valence-corrected chi connectivity index (χ1v) is 10.5. The number of nitrogens with zero attached hydrogens (tertiary/aromatic N) is 3. The number of rotatable bonds is 8. The number of benzene rings is 3. The van der Waals surface area contributed by atoms with Crippen molar-refractivity contribution in [2.24, 2.45) is 0 Å². The summed E-state index contributed by atoms with van der Waals surface area (Å²) < 4.78 is 12.4. The molecule has 7 heteroatoms. The molecule has 0 saturated carbocycles. The van der Waals surface area contributed by atoms with Crippen LogP contribution in [0.4, 0.5) is 0 Å². The fraction of sp³-hybridized carbons (Fsp3) is 0.125. The highest BCUT2D eigenvalue weighted by atomic mass is 32.2. The summed E-state index contributed by atoms with van der Waals surface area (Å²) in [5.74, 6) is 2.20. The van der Waals surface area contributed by atoms with E-state index in [4.69, 9.17) is 9.47 Å². The Kier molecular flexibility index (Phi) is 6.33. The van der Waals surface area contributed by atoms with E-state index in [0.29, 0.717) is 11.0 Å². The summed E-state index contributed by atoms with van der Waals surface area (Å²) in [6.45, 7) is 0. The lowest BCUT2D eigenvalue weighted by atomic mass is 10.1. The van der Waals surface area contributed by atoms with Gasteiger partial charge in [-0.15, -0.1) is 10.2 Å². The summed E-state index contributed by atoms with van der Waals surface area (Å²) in [4.78, 5) is 11.9. The molecule has 4 aromatic rings. The third kappa shape index (κ3) is 4.46. The number of ether oxygens (including phenoxy) is 2. The summed E-state index contributed by atoms with van der Waals surface area (Å²) >= 11 is 1.36. The van der Waals surface area contributed by atoms with Crippen LogP contribution in [0.2, 0.25) is 0 Å². The number of hydrogen-bond donors (Lipinski definition) is 0. The van der Waals surface area contributed by atoms with E-state index in [1.165, 1.54) is 11.8 Å². The Hall–Kier alpha value is -3.58.